The highest BCUT2D eigenvalue weighted by Crippen LogP contribution is 2.04. The maximum absolute atomic E-state index is 10.8. The lowest BCUT2D eigenvalue weighted by molar-refractivity contribution is 0.102. The standard InChI is InChI=1S/C8H17N3O2/c1-10(2)6-7-5-9-3-4-11(7)8(12)13/h7,9H,3-6H2,1-2H3,(H,12,13). The Hall–Kier alpha value is -0.810. The van der Waals surface area contributed by atoms with E-state index in [4.69, 9.17) is 5.11 Å². The molecule has 1 heterocycles. The molecule has 0 saturated carbocycles. The lowest BCUT2D eigenvalue weighted by atomic mass is 10.2. The van der Waals surface area contributed by atoms with Crippen LogP contribution in [0.1, 0.15) is 0 Å². The summed E-state index contributed by atoms with van der Waals surface area (Å²) in [5, 5.41) is 12.1. The number of amides is 1. The average molecular weight is 187 g/mol. The fourth-order valence-corrected chi connectivity index (χ4v) is 1.60. The molecule has 0 aromatic heterocycles. The average Bonchev–Trinajstić information content (AvgIpc) is 2.03. The van der Waals surface area contributed by atoms with Crippen LogP contribution in [0.3, 0.4) is 0 Å². The third-order valence-corrected chi connectivity index (χ3v) is 2.17. The van der Waals surface area contributed by atoms with Crippen molar-refractivity contribution in [2.75, 3.05) is 40.3 Å². The van der Waals surface area contributed by atoms with Crippen LogP contribution in [0.25, 0.3) is 0 Å². The van der Waals surface area contributed by atoms with Gasteiger partial charge in [0.15, 0.2) is 0 Å². The molecule has 2 N–H and O–H groups in total. The van der Waals surface area contributed by atoms with Crippen LogP contribution in [-0.2, 0) is 0 Å². The predicted molar refractivity (Wildman–Crippen MR) is 49.9 cm³/mol. The molecule has 1 saturated heterocycles. The minimum absolute atomic E-state index is 0.0845. The van der Waals surface area contributed by atoms with Crippen molar-refractivity contribution >= 4 is 6.09 Å². The van der Waals surface area contributed by atoms with Gasteiger partial charge in [0.25, 0.3) is 0 Å². The number of carboxylic acid groups (broad SMARTS) is 1. The van der Waals surface area contributed by atoms with Gasteiger partial charge >= 0.3 is 6.09 Å². The van der Waals surface area contributed by atoms with Gasteiger partial charge in [0.2, 0.25) is 0 Å². The van der Waals surface area contributed by atoms with Gasteiger partial charge in [-0.1, -0.05) is 0 Å². The van der Waals surface area contributed by atoms with E-state index in [1.54, 1.807) is 0 Å². The van der Waals surface area contributed by atoms with E-state index in [1.807, 2.05) is 19.0 Å². The van der Waals surface area contributed by atoms with E-state index in [9.17, 15) is 4.79 Å². The molecule has 5 nitrogen and oxygen atoms in total. The first-order valence-corrected chi connectivity index (χ1v) is 4.46. The maximum Gasteiger partial charge on any atom is 0.407 e. The van der Waals surface area contributed by atoms with Crippen LogP contribution in [-0.4, -0.2) is 67.3 Å². The lowest BCUT2D eigenvalue weighted by Gasteiger charge is -2.35. The Kier molecular flexibility index (Phi) is 3.50. The maximum atomic E-state index is 10.8. The van der Waals surface area contributed by atoms with Crippen LogP contribution in [0.15, 0.2) is 0 Å². The smallest absolute Gasteiger partial charge is 0.407 e. The molecular formula is C8H17N3O2. The summed E-state index contributed by atoms with van der Waals surface area (Å²) in [5.41, 5.74) is 0. The van der Waals surface area contributed by atoms with Crippen molar-refractivity contribution in [2.24, 2.45) is 0 Å². The predicted octanol–water partition coefficient (Wildman–Crippen LogP) is -0.500. The van der Waals surface area contributed by atoms with Crippen molar-refractivity contribution in [1.82, 2.24) is 15.1 Å². The number of piperazine rings is 1. The summed E-state index contributed by atoms with van der Waals surface area (Å²) in [4.78, 5) is 14.3. The Morgan fingerprint density at radius 2 is 2.38 bits per heavy atom. The molecule has 0 bridgehead atoms. The zero-order valence-corrected chi connectivity index (χ0v) is 8.16. The van der Waals surface area contributed by atoms with E-state index in [0.29, 0.717) is 6.54 Å². The zero-order chi connectivity index (χ0) is 9.84. The van der Waals surface area contributed by atoms with E-state index in [0.717, 1.165) is 19.6 Å². The zero-order valence-electron chi connectivity index (χ0n) is 8.16. The normalized spacial score (nSPS) is 23.6. The highest BCUT2D eigenvalue weighted by molar-refractivity contribution is 5.65. The summed E-state index contributed by atoms with van der Waals surface area (Å²) in [6.45, 7) is 2.88. The van der Waals surface area contributed by atoms with Crippen molar-refractivity contribution in [3.63, 3.8) is 0 Å². The minimum atomic E-state index is -0.812. The monoisotopic (exact) mass is 187 g/mol. The van der Waals surface area contributed by atoms with Crippen molar-refractivity contribution in [3.05, 3.63) is 0 Å². The first-order valence-electron chi connectivity index (χ1n) is 4.46. The van der Waals surface area contributed by atoms with Crippen LogP contribution in [0.2, 0.25) is 0 Å². The van der Waals surface area contributed by atoms with Crippen LogP contribution >= 0.6 is 0 Å². The van der Waals surface area contributed by atoms with E-state index >= 15 is 0 Å². The summed E-state index contributed by atoms with van der Waals surface area (Å²) < 4.78 is 0. The van der Waals surface area contributed by atoms with E-state index in [2.05, 4.69) is 5.32 Å². The van der Waals surface area contributed by atoms with Gasteiger partial charge in [0.1, 0.15) is 0 Å². The third-order valence-electron chi connectivity index (χ3n) is 2.17. The molecule has 1 unspecified atom stereocenters. The molecule has 76 valence electrons. The summed E-state index contributed by atoms with van der Waals surface area (Å²) in [6.07, 6.45) is -0.812. The molecule has 1 atom stereocenters. The third kappa shape index (κ3) is 2.86. The van der Waals surface area contributed by atoms with Crippen molar-refractivity contribution in [1.29, 1.82) is 0 Å². The number of nitrogens with zero attached hydrogens (tertiary/aromatic N) is 2. The highest BCUT2D eigenvalue weighted by atomic mass is 16.4. The molecule has 1 rings (SSSR count). The minimum Gasteiger partial charge on any atom is -0.465 e. The van der Waals surface area contributed by atoms with Gasteiger partial charge in [-0.15, -0.1) is 0 Å². The number of hydrogen-bond acceptors (Lipinski definition) is 3. The topological polar surface area (TPSA) is 55.8 Å². The van der Waals surface area contributed by atoms with Gasteiger partial charge in [0.05, 0.1) is 6.04 Å². The van der Waals surface area contributed by atoms with E-state index in [1.165, 1.54) is 4.90 Å². The van der Waals surface area contributed by atoms with Gasteiger partial charge in [-0.3, -0.25) is 0 Å². The first kappa shape index (κ1) is 10.3. The van der Waals surface area contributed by atoms with Crippen molar-refractivity contribution in [3.8, 4) is 0 Å². The molecule has 1 aliphatic rings. The fourth-order valence-electron chi connectivity index (χ4n) is 1.60. The molecule has 1 aliphatic heterocycles. The van der Waals surface area contributed by atoms with Gasteiger partial charge in [-0.2, -0.15) is 0 Å². The molecule has 0 aromatic rings. The molecule has 1 amide bonds. The second kappa shape index (κ2) is 4.43. The SMILES string of the molecule is CN(C)CC1CNCCN1C(=O)O. The second-order valence-corrected chi connectivity index (χ2v) is 3.60. The van der Waals surface area contributed by atoms with Gasteiger partial charge in [0, 0.05) is 26.2 Å². The van der Waals surface area contributed by atoms with Crippen LogP contribution in [0, 0.1) is 0 Å². The molecule has 0 radical (unpaired) electrons. The van der Waals surface area contributed by atoms with Crippen LogP contribution < -0.4 is 5.32 Å². The quantitative estimate of drug-likeness (QED) is 0.612. The molecular weight excluding hydrogens is 170 g/mol. The molecule has 1 fully saturated rings. The van der Waals surface area contributed by atoms with Gasteiger partial charge in [-0.25, -0.2) is 4.79 Å². The Bertz CT molecular complexity index is 184. The second-order valence-electron chi connectivity index (χ2n) is 3.60. The van der Waals surface area contributed by atoms with Crippen LogP contribution in [0.4, 0.5) is 4.79 Å². The number of likely N-dealkylation sites (N-methyl/N-ethyl adjacent to an activating group) is 1. The van der Waals surface area contributed by atoms with Crippen molar-refractivity contribution < 1.29 is 9.90 Å². The summed E-state index contributed by atoms with van der Waals surface area (Å²) in [6, 6.07) is 0.0845. The first-order chi connectivity index (χ1) is 6.11. The fraction of sp³-hybridized carbons (Fsp3) is 0.875. The number of nitrogens with one attached hydrogen (secondary N) is 1. The number of rotatable bonds is 2. The molecule has 0 spiro atoms. The lowest BCUT2D eigenvalue weighted by Crippen LogP contribution is -2.56. The van der Waals surface area contributed by atoms with Gasteiger partial charge in [-0.05, 0) is 14.1 Å². The largest absolute Gasteiger partial charge is 0.465 e. The van der Waals surface area contributed by atoms with E-state index < -0.39 is 6.09 Å². The Balaban J connectivity index is 2.51. The highest BCUT2D eigenvalue weighted by Gasteiger charge is 2.26. The van der Waals surface area contributed by atoms with Crippen molar-refractivity contribution in [2.45, 2.75) is 6.04 Å². The number of hydrogen-bond donors (Lipinski definition) is 2. The molecule has 5 heteroatoms. The van der Waals surface area contributed by atoms with E-state index in [-0.39, 0.29) is 6.04 Å². The van der Waals surface area contributed by atoms with Gasteiger partial charge < -0.3 is 20.2 Å². The summed E-state index contributed by atoms with van der Waals surface area (Å²) in [7, 11) is 3.91. The molecule has 0 aromatic carbocycles. The Morgan fingerprint density at radius 1 is 1.69 bits per heavy atom. The Labute approximate surface area is 78.3 Å². The Morgan fingerprint density at radius 3 is 2.92 bits per heavy atom. The molecule has 0 aliphatic carbocycles. The summed E-state index contributed by atoms with van der Waals surface area (Å²) in [5.74, 6) is 0. The van der Waals surface area contributed by atoms with Crippen LogP contribution in [0.5, 0.6) is 0 Å². The summed E-state index contributed by atoms with van der Waals surface area (Å²) >= 11 is 0. The number of carbonyl (C=O) groups is 1. The molecule has 13 heavy (non-hydrogen) atoms.